The topological polar surface area (TPSA) is 47.1 Å². The van der Waals surface area contributed by atoms with Crippen LogP contribution in [0, 0.1) is 5.82 Å². The number of rotatable bonds is 3. The molecule has 3 rings (SSSR count). The molecule has 0 radical (unpaired) electrons. The van der Waals surface area contributed by atoms with Crippen LogP contribution in [0.25, 0.3) is 0 Å². The number of nitrogens with zero attached hydrogens (tertiary/aromatic N) is 3. The molecule has 2 aromatic rings. The summed E-state index contributed by atoms with van der Waals surface area (Å²) in [5.74, 6) is 0.737. The van der Waals surface area contributed by atoms with Gasteiger partial charge in [0.2, 0.25) is 0 Å². The lowest BCUT2D eigenvalue weighted by Gasteiger charge is -2.28. The van der Waals surface area contributed by atoms with Crippen LogP contribution >= 0.6 is 12.2 Å². The molecule has 0 spiro atoms. The zero-order valence-electron chi connectivity index (χ0n) is 10.9. The van der Waals surface area contributed by atoms with Gasteiger partial charge in [-0.1, -0.05) is 18.3 Å². The van der Waals surface area contributed by atoms with Crippen molar-refractivity contribution in [3.05, 3.63) is 53.4 Å². The molecule has 20 heavy (non-hydrogen) atoms. The highest BCUT2D eigenvalue weighted by atomic mass is 32.1. The quantitative estimate of drug-likeness (QED) is 0.874. The van der Waals surface area contributed by atoms with Crippen molar-refractivity contribution in [3.8, 4) is 0 Å². The second-order valence-electron chi connectivity index (χ2n) is 4.91. The summed E-state index contributed by atoms with van der Waals surface area (Å²) in [4.78, 5) is 6.83. The minimum Gasteiger partial charge on any atom is -0.389 e. The molecule has 1 aliphatic heterocycles. The highest BCUT2D eigenvalue weighted by Gasteiger charge is 2.18. The third-order valence-electron chi connectivity index (χ3n) is 3.56. The molecule has 1 aliphatic rings. The van der Waals surface area contributed by atoms with Gasteiger partial charge in [-0.25, -0.2) is 9.37 Å². The van der Waals surface area contributed by atoms with E-state index in [-0.39, 0.29) is 10.8 Å². The van der Waals surface area contributed by atoms with Gasteiger partial charge in [-0.2, -0.15) is 0 Å². The number of nitrogens with two attached hydrogens (primary N) is 1. The summed E-state index contributed by atoms with van der Waals surface area (Å²) in [7, 11) is 0. The van der Waals surface area contributed by atoms with Crippen molar-refractivity contribution < 1.29 is 4.39 Å². The van der Waals surface area contributed by atoms with Crippen LogP contribution in [0.4, 0.5) is 4.39 Å². The number of benzene rings is 1. The molecule has 0 fully saturated rings. The molecule has 0 atom stereocenters. The molecule has 2 heterocycles. The molecule has 1 aromatic heterocycles. The van der Waals surface area contributed by atoms with E-state index in [9.17, 15) is 4.39 Å². The third-order valence-corrected chi connectivity index (χ3v) is 3.78. The number of imidazole rings is 1. The fourth-order valence-electron chi connectivity index (χ4n) is 2.52. The van der Waals surface area contributed by atoms with Crippen molar-refractivity contribution in [2.45, 2.75) is 19.6 Å². The van der Waals surface area contributed by atoms with Gasteiger partial charge in [0.05, 0.1) is 6.54 Å². The van der Waals surface area contributed by atoms with Gasteiger partial charge in [0.15, 0.2) is 0 Å². The highest BCUT2D eigenvalue weighted by molar-refractivity contribution is 7.80. The molecule has 0 amide bonds. The first kappa shape index (κ1) is 13.2. The number of hydrogen-bond donors (Lipinski definition) is 1. The van der Waals surface area contributed by atoms with Crippen molar-refractivity contribution in [2.24, 2.45) is 5.73 Å². The Labute approximate surface area is 122 Å². The fourth-order valence-corrected chi connectivity index (χ4v) is 2.71. The van der Waals surface area contributed by atoms with E-state index in [4.69, 9.17) is 18.0 Å². The number of aromatic nitrogens is 2. The summed E-state index contributed by atoms with van der Waals surface area (Å²) in [5.41, 5.74) is 7.26. The average Bonchev–Trinajstić information content (AvgIpc) is 2.88. The fraction of sp³-hybridized carbons (Fsp3) is 0.286. The molecule has 0 aliphatic carbocycles. The lowest BCUT2D eigenvalue weighted by atomic mass is 10.1. The maximum atomic E-state index is 13.3. The lowest BCUT2D eigenvalue weighted by Crippen LogP contribution is -2.33. The molecule has 6 heteroatoms. The Balaban J connectivity index is 1.81. The Kier molecular flexibility index (Phi) is 3.50. The zero-order chi connectivity index (χ0) is 14.1. The van der Waals surface area contributed by atoms with E-state index in [0.29, 0.717) is 12.1 Å². The predicted octanol–water partition coefficient (Wildman–Crippen LogP) is 1.67. The molecule has 0 saturated carbocycles. The van der Waals surface area contributed by atoms with E-state index >= 15 is 0 Å². The first-order valence-electron chi connectivity index (χ1n) is 6.44. The van der Waals surface area contributed by atoms with E-state index in [1.165, 1.54) is 12.1 Å². The Morgan fingerprint density at radius 1 is 1.40 bits per heavy atom. The molecule has 1 aromatic carbocycles. The summed E-state index contributed by atoms with van der Waals surface area (Å²) in [6.45, 7) is 3.32. The van der Waals surface area contributed by atoms with E-state index in [2.05, 4.69) is 14.5 Å². The first-order valence-corrected chi connectivity index (χ1v) is 6.85. The van der Waals surface area contributed by atoms with Crippen LogP contribution in [0.5, 0.6) is 0 Å². The van der Waals surface area contributed by atoms with Crippen molar-refractivity contribution >= 4 is 17.2 Å². The van der Waals surface area contributed by atoms with Crippen molar-refractivity contribution in [3.63, 3.8) is 0 Å². The van der Waals surface area contributed by atoms with E-state index in [1.54, 1.807) is 6.07 Å². The number of hydrogen-bond acceptors (Lipinski definition) is 3. The van der Waals surface area contributed by atoms with Gasteiger partial charge in [-0.15, -0.1) is 0 Å². The standard InChI is InChI=1S/C14H15FN4S/c15-11-2-1-10(12(7-11)14(16)20)8-18-5-6-19-4-3-17-13(19)9-18/h1-4,7H,5-6,8-9H2,(H2,16,20). The molecule has 2 N–H and O–H groups in total. The van der Waals surface area contributed by atoms with Crippen molar-refractivity contribution in [2.75, 3.05) is 6.54 Å². The normalized spacial score (nSPS) is 15.1. The van der Waals surface area contributed by atoms with Crippen LogP contribution in [-0.2, 0) is 19.6 Å². The van der Waals surface area contributed by atoms with Gasteiger partial charge in [-0.05, 0) is 17.7 Å². The Bertz CT molecular complexity index is 652. The van der Waals surface area contributed by atoms with E-state index in [0.717, 1.165) is 31.0 Å². The van der Waals surface area contributed by atoms with Gasteiger partial charge < -0.3 is 10.3 Å². The number of halogens is 1. The third kappa shape index (κ3) is 2.57. The minimum absolute atomic E-state index is 0.234. The van der Waals surface area contributed by atoms with Crippen LogP contribution in [0.2, 0.25) is 0 Å². The summed E-state index contributed by atoms with van der Waals surface area (Å²) >= 11 is 5.00. The molecule has 0 bridgehead atoms. The van der Waals surface area contributed by atoms with Crippen molar-refractivity contribution in [1.29, 1.82) is 0 Å². The van der Waals surface area contributed by atoms with E-state index < -0.39 is 0 Å². The van der Waals surface area contributed by atoms with Gasteiger partial charge in [0.25, 0.3) is 0 Å². The number of thiocarbonyl (C=S) groups is 1. The van der Waals surface area contributed by atoms with Gasteiger partial charge in [0.1, 0.15) is 16.6 Å². The molecule has 0 unspecified atom stereocenters. The Hall–Kier alpha value is -1.79. The predicted molar refractivity (Wildman–Crippen MR) is 78.6 cm³/mol. The summed E-state index contributed by atoms with van der Waals surface area (Å²) in [6.07, 6.45) is 3.81. The largest absolute Gasteiger partial charge is 0.389 e. The smallest absolute Gasteiger partial charge is 0.123 e. The Morgan fingerprint density at radius 3 is 3.05 bits per heavy atom. The molecular formula is C14H15FN4S. The summed E-state index contributed by atoms with van der Waals surface area (Å²) in [6, 6.07) is 4.61. The van der Waals surface area contributed by atoms with E-state index in [1.807, 2.05) is 12.4 Å². The molecule has 104 valence electrons. The maximum Gasteiger partial charge on any atom is 0.123 e. The van der Waals surface area contributed by atoms with Crippen LogP contribution in [0.1, 0.15) is 17.0 Å². The van der Waals surface area contributed by atoms with Crippen LogP contribution < -0.4 is 5.73 Å². The van der Waals surface area contributed by atoms with Crippen LogP contribution in [0.3, 0.4) is 0 Å². The average molecular weight is 290 g/mol. The summed E-state index contributed by atoms with van der Waals surface area (Å²) in [5, 5.41) is 0. The Morgan fingerprint density at radius 2 is 2.25 bits per heavy atom. The van der Waals surface area contributed by atoms with Gasteiger partial charge in [-0.3, -0.25) is 4.90 Å². The second-order valence-corrected chi connectivity index (χ2v) is 5.35. The highest BCUT2D eigenvalue weighted by Crippen LogP contribution is 2.17. The molecular weight excluding hydrogens is 275 g/mol. The van der Waals surface area contributed by atoms with Crippen molar-refractivity contribution in [1.82, 2.24) is 14.5 Å². The minimum atomic E-state index is -0.314. The van der Waals surface area contributed by atoms with Crippen LogP contribution in [0.15, 0.2) is 30.6 Å². The second kappa shape index (κ2) is 5.30. The van der Waals surface area contributed by atoms with Gasteiger partial charge >= 0.3 is 0 Å². The monoisotopic (exact) mass is 290 g/mol. The lowest BCUT2D eigenvalue weighted by molar-refractivity contribution is 0.208. The zero-order valence-corrected chi connectivity index (χ0v) is 11.7. The molecule has 0 saturated heterocycles. The first-order chi connectivity index (χ1) is 9.63. The SMILES string of the molecule is NC(=S)c1cc(F)ccc1CN1CCn2ccnc2C1. The maximum absolute atomic E-state index is 13.3. The number of fused-ring (bicyclic) bond motifs is 1. The molecule has 4 nitrogen and oxygen atoms in total. The van der Waals surface area contributed by atoms with Crippen LogP contribution in [-0.4, -0.2) is 26.0 Å². The summed E-state index contributed by atoms with van der Waals surface area (Å²) < 4.78 is 15.4. The van der Waals surface area contributed by atoms with Gasteiger partial charge in [0, 0.05) is 37.6 Å².